The van der Waals surface area contributed by atoms with Crippen molar-refractivity contribution < 1.29 is 27.9 Å². The van der Waals surface area contributed by atoms with Crippen molar-refractivity contribution in [2.24, 2.45) is 5.92 Å². The van der Waals surface area contributed by atoms with E-state index >= 15 is 0 Å². The van der Waals surface area contributed by atoms with Gasteiger partial charge in [0.2, 0.25) is 0 Å². The highest BCUT2D eigenvalue weighted by atomic mass is 19.4. The molecule has 2 rings (SSSR count). The molecule has 1 aromatic carbocycles. The van der Waals surface area contributed by atoms with E-state index in [1.807, 2.05) is 0 Å². The molecule has 2 unspecified atom stereocenters. The zero-order chi connectivity index (χ0) is 19.5. The fourth-order valence-electron chi connectivity index (χ4n) is 2.30. The van der Waals surface area contributed by atoms with Crippen LogP contribution in [0, 0.1) is 5.92 Å². The number of alkyl halides is 3. The molecule has 0 saturated heterocycles. The molecule has 0 aliphatic carbocycles. The monoisotopic (exact) mass is 370 g/mol. The van der Waals surface area contributed by atoms with Crippen LogP contribution in [0.1, 0.15) is 36.3 Å². The zero-order valence-electron chi connectivity index (χ0n) is 14.0. The average molecular weight is 370 g/mol. The van der Waals surface area contributed by atoms with Gasteiger partial charge in [-0.15, -0.1) is 5.10 Å². The molecule has 26 heavy (non-hydrogen) atoms. The normalized spacial score (nSPS) is 13.9. The lowest BCUT2D eigenvalue weighted by molar-refractivity contribution is -0.140. The fourth-order valence-corrected chi connectivity index (χ4v) is 2.30. The molecule has 10 heteroatoms. The molecule has 1 aromatic heterocycles. The molecule has 2 aromatic rings. The predicted molar refractivity (Wildman–Crippen MR) is 84.7 cm³/mol. The number of aliphatic carboxylic acids is 1. The maximum atomic E-state index is 13.1. The third-order valence-corrected chi connectivity index (χ3v) is 3.95. The zero-order valence-corrected chi connectivity index (χ0v) is 14.0. The summed E-state index contributed by atoms with van der Waals surface area (Å²) >= 11 is 0. The second kappa shape index (κ2) is 7.54. The summed E-state index contributed by atoms with van der Waals surface area (Å²) in [6.07, 6.45) is -3.06. The Morgan fingerprint density at radius 2 is 1.96 bits per heavy atom. The first-order valence-corrected chi connectivity index (χ1v) is 7.77. The van der Waals surface area contributed by atoms with Crippen LogP contribution in [0.25, 0.3) is 5.69 Å². The molecular formula is C16H17F3N4O3. The van der Waals surface area contributed by atoms with Crippen LogP contribution >= 0.6 is 0 Å². The van der Waals surface area contributed by atoms with E-state index in [9.17, 15) is 27.9 Å². The molecule has 7 nitrogen and oxygen atoms in total. The van der Waals surface area contributed by atoms with Crippen molar-refractivity contribution in [1.29, 1.82) is 0 Å². The number of nitrogens with zero attached hydrogens (tertiary/aromatic N) is 3. The molecule has 1 heterocycles. The number of para-hydroxylation sites is 1. The summed E-state index contributed by atoms with van der Waals surface area (Å²) < 4.78 is 40.1. The number of aromatic nitrogens is 3. The predicted octanol–water partition coefficient (Wildman–Crippen LogP) is 2.52. The summed E-state index contributed by atoms with van der Waals surface area (Å²) in [6, 6.07) is 3.58. The van der Waals surface area contributed by atoms with Gasteiger partial charge in [0, 0.05) is 0 Å². The lowest BCUT2D eigenvalue weighted by Gasteiger charge is -2.19. The number of carboxylic acid groups (broad SMARTS) is 1. The van der Waals surface area contributed by atoms with Gasteiger partial charge in [-0.1, -0.05) is 37.6 Å². The van der Waals surface area contributed by atoms with Crippen LogP contribution < -0.4 is 5.32 Å². The summed E-state index contributed by atoms with van der Waals surface area (Å²) in [5, 5.41) is 18.6. The van der Waals surface area contributed by atoms with Crippen molar-refractivity contribution in [3.05, 3.63) is 41.7 Å². The second-order valence-corrected chi connectivity index (χ2v) is 5.74. The van der Waals surface area contributed by atoms with E-state index in [0.29, 0.717) is 6.42 Å². The third-order valence-electron chi connectivity index (χ3n) is 3.95. The fraction of sp³-hybridized carbons (Fsp3) is 0.375. The second-order valence-electron chi connectivity index (χ2n) is 5.74. The molecule has 0 bridgehead atoms. The number of benzene rings is 1. The van der Waals surface area contributed by atoms with Crippen molar-refractivity contribution in [2.45, 2.75) is 32.5 Å². The van der Waals surface area contributed by atoms with Crippen molar-refractivity contribution in [3.8, 4) is 5.69 Å². The topological polar surface area (TPSA) is 97.1 Å². The number of halogens is 3. The summed E-state index contributed by atoms with van der Waals surface area (Å²) in [5.74, 6) is -2.37. The van der Waals surface area contributed by atoms with Gasteiger partial charge >= 0.3 is 12.1 Å². The number of carbonyl (C=O) groups is 2. The average Bonchev–Trinajstić information content (AvgIpc) is 3.08. The minimum Gasteiger partial charge on any atom is -0.480 e. The number of nitrogens with one attached hydrogen (secondary N) is 1. The highest BCUT2D eigenvalue weighted by Gasteiger charge is 2.34. The van der Waals surface area contributed by atoms with Gasteiger partial charge in [0.1, 0.15) is 6.04 Å². The summed E-state index contributed by atoms with van der Waals surface area (Å²) in [5.41, 5.74) is -1.50. The SMILES string of the molecule is CCC(C)C(NC(=O)c1cn(-c2ccccc2C(F)(F)F)nn1)C(=O)O. The highest BCUT2D eigenvalue weighted by molar-refractivity contribution is 5.94. The summed E-state index contributed by atoms with van der Waals surface area (Å²) in [7, 11) is 0. The molecule has 2 N–H and O–H groups in total. The first-order valence-electron chi connectivity index (χ1n) is 7.77. The quantitative estimate of drug-likeness (QED) is 0.814. The van der Waals surface area contributed by atoms with E-state index < -0.39 is 29.7 Å². The summed E-state index contributed by atoms with van der Waals surface area (Å²) in [4.78, 5) is 23.5. The Balaban J connectivity index is 2.28. The van der Waals surface area contributed by atoms with E-state index in [1.165, 1.54) is 18.2 Å². The van der Waals surface area contributed by atoms with E-state index in [2.05, 4.69) is 15.6 Å². The van der Waals surface area contributed by atoms with E-state index in [0.717, 1.165) is 16.9 Å². The smallest absolute Gasteiger partial charge is 0.418 e. The van der Waals surface area contributed by atoms with Gasteiger partial charge in [0.05, 0.1) is 17.4 Å². The number of carbonyl (C=O) groups excluding carboxylic acids is 1. The minimum absolute atomic E-state index is 0.281. The highest BCUT2D eigenvalue weighted by Crippen LogP contribution is 2.33. The summed E-state index contributed by atoms with van der Waals surface area (Å²) in [6.45, 7) is 3.44. The van der Waals surface area contributed by atoms with E-state index in [-0.39, 0.29) is 17.3 Å². The molecule has 0 fully saturated rings. The Morgan fingerprint density at radius 3 is 2.54 bits per heavy atom. The number of rotatable bonds is 6. The number of hydrogen-bond acceptors (Lipinski definition) is 4. The van der Waals surface area contributed by atoms with Gasteiger partial charge in [-0.25, -0.2) is 9.48 Å². The van der Waals surface area contributed by atoms with Gasteiger partial charge in [0.25, 0.3) is 5.91 Å². The lowest BCUT2D eigenvalue weighted by atomic mass is 9.99. The minimum atomic E-state index is -4.60. The Kier molecular flexibility index (Phi) is 5.63. The Bertz CT molecular complexity index is 804. The number of amides is 1. The van der Waals surface area contributed by atoms with Crippen molar-refractivity contribution >= 4 is 11.9 Å². The van der Waals surface area contributed by atoms with Crippen molar-refractivity contribution in [2.75, 3.05) is 0 Å². The van der Waals surface area contributed by atoms with E-state index in [1.54, 1.807) is 13.8 Å². The maximum absolute atomic E-state index is 13.1. The Labute approximate surface area is 146 Å². The molecule has 140 valence electrons. The van der Waals surface area contributed by atoms with Gasteiger partial charge < -0.3 is 10.4 Å². The van der Waals surface area contributed by atoms with Gasteiger partial charge in [0.15, 0.2) is 5.69 Å². The van der Waals surface area contributed by atoms with Gasteiger partial charge in [-0.3, -0.25) is 4.79 Å². The van der Waals surface area contributed by atoms with Crippen molar-refractivity contribution in [3.63, 3.8) is 0 Å². The Morgan fingerprint density at radius 1 is 1.31 bits per heavy atom. The number of carboxylic acids is 1. The molecule has 0 radical (unpaired) electrons. The number of hydrogen-bond donors (Lipinski definition) is 2. The van der Waals surface area contributed by atoms with Crippen LogP contribution in [-0.2, 0) is 11.0 Å². The van der Waals surface area contributed by atoms with Crippen LogP contribution in [-0.4, -0.2) is 38.0 Å². The van der Waals surface area contributed by atoms with Crippen molar-refractivity contribution in [1.82, 2.24) is 20.3 Å². The van der Waals surface area contributed by atoms with Crippen LogP contribution in [0.2, 0.25) is 0 Å². The molecular weight excluding hydrogens is 353 g/mol. The molecule has 1 amide bonds. The van der Waals surface area contributed by atoms with Gasteiger partial charge in [-0.05, 0) is 18.1 Å². The van der Waals surface area contributed by atoms with Crippen LogP contribution in [0.3, 0.4) is 0 Å². The molecule has 0 saturated carbocycles. The first kappa shape index (κ1) is 19.4. The molecule has 2 atom stereocenters. The largest absolute Gasteiger partial charge is 0.480 e. The van der Waals surface area contributed by atoms with E-state index in [4.69, 9.17) is 0 Å². The first-order chi connectivity index (χ1) is 12.1. The van der Waals surface area contributed by atoms with Gasteiger partial charge in [-0.2, -0.15) is 13.2 Å². The van der Waals surface area contributed by atoms with Crippen LogP contribution in [0.15, 0.2) is 30.5 Å². The standard InChI is InChI=1S/C16H17F3N4O3/c1-3-9(2)13(15(25)26)20-14(24)11-8-23(22-21-11)12-7-5-4-6-10(12)16(17,18)19/h4-9,13H,3H2,1-2H3,(H,20,24)(H,25,26). The molecule has 0 aliphatic heterocycles. The van der Waals surface area contributed by atoms with Crippen LogP contribution in [0.4, 0.5) is 13.2 Å². The molecule has 0 spiro atoms. The lowest BCUT2D eigenvalue weighted by Crippen LogP contribution is -2.45. The molecule has 0 aliphatic rings. The third kappa shape index (κ3) is 4.19. The maximum Gasteiger partial charge on any atom is 0.418 e. The van der Waals surface area contributed by atoms with Crippen LogP contribution in [0.5, 0.6) is 0 Å². The Hall–Kier alpha value is -2.91.